The number of hydrogen-bond acceptors (Lipinski definition) is 4. The van der Waals surface area contributed by atoms with Crippen molar-refractivity contribution >= 4 is 22.4 Å². The van der Waals surface area contributed by atoms with Gasteiger partial charge < -0.3 is 9.64 Å². The van der Waals surface area contributed by atoms with E-state index in [4.69, 9.17) is 4.74 Å². The molecule has 1 aliphatic rings. The highest BCUT2D eigenvalue weighted by Gasteiger charge is 2.27. The molecular weight excluding hydrogens is 274 g/mol. The van der Waals surface area contributed by atoms with E-state index in [1.54, 1.807) is 17.3 Å². The van der Waals surface area contributed by atoms with Crippen molar-refractivity contribution in [1.82, 2.24) is 9.88 Å². The highest BCUT2D eigenvalue weighted by molar-refractivity contribution is 7.14. The van der Waals surface area contributed by atoms with E-state index in [1.165, 1.54) is 11.3 Å². The Morgan fingerprint density at radius 3 is 3.00 bits per heavy atom. The zero-order chi connectivity index (χ0) is 13.8. The van der Waals surface area contributed by atoms with Crippen molar-refractivity contribution in [3.63, 3.8) is 0 Å². The zero-order valence-corrected chi connectivity index (χ0v) is 11.7. The van der Waals surface area contributed by atoms with Crippen molar-refractivity contribution in [1.29, 1.82) is 0 Å². The summed E-state index contributed by atoms with van der Waals surface area (Å²) in [4.78, 5) is 17.8. The highest BCUT2D eigenvalue weighted by Crippen LogP contribution is 2.20. The molecule has 2 amide bonds. The number of anilines is 1. The van der Waals surface area contributed by atoms with Gasteiger partial charge in [0, 0.05) is 25.4 Å². The molecule has 1 saturated heterocycles. The lowest BCUT2D eigenvalue weighted by Crippen LogP contribution is -2.34. The van der Waals surface area contributed by atoms with Gasteiger partial charge in [0.25, 0.3) is 0 Å². The number of aromatic nitrogens is 1. The van der Waals surface area contributed by atoms with E-state index in [0.29, 0.717) is 13.1 Å². The fourth-order valence-electron chi connectivity index (χ4n) is 2.15. The van der Waals surface area contributed by atoms with Crippen LogP contribution in [0.3, 0.4) is 0 Å². The van der Waals surface area contributed by atoms with Gasteiger partial charge in [-0.3, -0.25) is 10.3 Å². The van der Waals surface area contributed by atoms with Crippen molar-refractivity contribution in [3.8, 4) is 5.75 Å². The first-order valence-electron chi connectivity index (χ1n) is 6.47. The Morgan fingerprint density at radius 2 is 2.25 bits per heavy atom. The highest BCUT2D eigenvalue weighted by atomic mass is 32.1. The average molecular weight is 289 g/mol. The second-order valence-corrected chi connectivity index (χ2v) is 5.51. The van der Waals surface area contributed by atoms with E-state index in [1.807, 2.05) is 29.6 Å². The van der Waals surface area contributed by atoms with Crippen molar-refractivity contribution in [3.05, 3.63) is 42.0 Å². The second-order valence-electron chi connectivity index (χ2n) is 4.56. The maximum atomic E-state index is 12.1. The molecule has 1 fully saturated rings. The molecular formula is C14H15N3O2S. The van der Waals surface area contributed by atoms with E-state index in [9.17, 15) is 4.79 Å². The van der Waals surface area contributed by atoms with Crippen LogP contribution in [0.25, 0.3) is 0 Å². The molecule has 1 N–H and O–H groups in total. The summed E-state index contributed by atoms with van der Waals surface area (Å²) in [6, 6.07) is 7.40. The van der Waals surface area contributed by atoms with Gasteiger partial charge in [-0.2, -0.15) is 0 Å². The minimum atomic E-state index is -0.0618. The van der Waals surface area contributed by atoms with Gasteiger partial charge >= 0.3 is 6.03 Å². The smallest absolute Gasteiger partial charge is 0.322 e. The number of hydrogen-bond donors (Lipinski definition) is 1. The lowest BCUT2D eigenvalue weighted by atomic mass is 10.3. The van der Waals surface area contributed by atoms with E-state index in [2.05, 4.69) is 10.3 Å². The third-order valence-corrected chi connectivity index (χ3v) is 3.92. The summed E-state index contributed by atoms with van der Waals surface area (Å²) in [6.07, 6.45) is 4.29. The van der Waals surface area contributed by atoms with Crippen LogP contribution in [0, 0.1) is 0 Å². The summed E-state index contributed by atoms with van der Waals surface area (Å²) in [5.74, 6) is 0.797. The Balaban J connectivity index is 1.53. The molecule has 3 rings (SSSR count). The summed E-state index contributed by atoms with van der Waals surface area (Å²) >= 11 is 1.52. The quantitative estimate of drug-likeness (QED) is 0.945. The van der Waals surface area contributed by atoms with Crippen LogP contribution in [0.5, 0.6) is 5.75 Å². The predicted molar refractivity (Wildman–Crippen MR) is 78.2 cm³/mol. The molecule has 0 aromatic carbocycles. The van der Waals surface area contributed by atoms with Gasteiger partial charge in [0.05, 0.1) is 11.5 Å². The van der Waals surface area contributed by atoms with Crippen LogP contribution in [-0.4, -0.2) is 35.1 Å². The molecule has 6 heteroatoms. The first-order valence-corrected chi connectivity index (χ1v) is 7.35. The number of ether oxygens (including phenoxy) is 1. The molecule has 1 aliphatic heterocycles. The molecule has 0 radical (unpaired) electrons. The first kappa shape index (κ1) is 12.9. The Bertz CT molecular complexity index is 559. The summed E-state index contributed by atoms with van der Waals surface area (Å²) in [5, 5.41) is 5.70. The van der Waals surface area contributed by atoms with Gasteiger partial charge in [-0.05, 0) is 29.6 Å². The first-order chi connectivity index (χ1) is 9.81. The maximum absolute atomic E-state index is 12.1. The van der Waals surface area contributed by atoms with E-state index < -0.39 is 0 Å². The molecule has 3 heterocycles. The van der Waals surface area contributed by atoms with Gasteiger partial charge in [0.1, 0.15) is 11.9 Å². The minimum Gasteiger partial charge on any atom is -0.488 e. The number of nitrogens with zero attached hydrogens (tertiary/aromatic N) is 2. The number of likely N-dealkylation sites (tertiary alicyclic amines) is 1. The Hall–Kier alpha value is -2.08. The van der Waals surface area contributed by atoms with Gasteiger partial charge in [-0.1, -0.05) is 0 Å². The summed E-state index contributed by atoms with van der Waals surface area (Å²) < 4.78 is 5.83. The van der Waals surface area contributed by atoms with Crippen LogP contribution in [-0.2, 0) is 0 Å². The number of nitrogens with one attached hydrogen (secondary N) is 1. The van der Waals surface area contributed by atoms with Crippen LogP contribution < -0.4 is 10.1 Å². The van der Waals surface area contributed by atoms with Gasteiger partial charge in [-0.15, -0.1) is 11.3 Å². The molecule has 1 atom stereocenters. The molecule has 2 aromatic rings. The normalized spacial score (nSPS) is 18.0. The van der Waals surface area contributed by atoms with Crippen molar-refractivity contribution in [2.24, 2.45) is 0 Å². The topological polar surface area (TPSA) is 54.5 Å². The molecule has 0 aliphatic carbocycles. The average Bonchev–Trinajstić information content (AvgIpc) is 3.11. The van der Waals surface area contributed by atoms with Crippen LogP contribution in [0.4, 0.5) is 9.80 Å². The largest absolute Gasteiger partial charge is 0.488 e. The molecule has 0 spiro atoms. The third kappa shape index (κ3) is 3.08. The molecule has 20 heavy (non-hydrogen) atoms. The van der Waals surface area contributed by atoms with Crippen LogP contribution in [0.1, 0.15) is 6.42 Å². The number of carbonyl (C=O) groups excluding carboxylic acids is 1. The number of pyridine rings is 1. The standard InChI is InChI=1S/C14H15N3O2S/c18-14(16-13-2-1-9-20-13)17-8-5-12(10-17)19-11-3-6-15-7-4-11/h1-4,6-7,9,12H,5,8,10H2,(H,16,18). The monoisotopic (exact) mass is 289 g/mol. The fourth-order valence-corrected chi connectivity index (χ4v) is 2.76. The van der Waals surface area contributed by atoms with Crippen molar-refractivity contribution in [2.45, 2.75) is 12.5 Å². The number of rotatable bonds is 3. The summed E-state index contributed by atoms with van der Waals surface area (Å²) in [6.45, 7) is 1.33. The number of urea groups is 1. The van der Waals surface area contributed by atoms with Crippen molar-refractivity contribution in [2.75, 3.05) is 18.4 Å². The second kappa shape index (κ2) is 5.92. The molecule has 104 valence electrons. The molecule has 5 nitrogen and oxygen atoms in total. The van der Waals surface area contributed by atoms with Crippen LogP contribution >= 0.6 is 11.3 Å². The minimum absolute atomic E-state index is 0.0477. The van der Waals surface area contributed by atoms with Crippen molar-refractivity contribution < 1.29 is 9.53 Å². The molecule has 0 saturated carbocycles. The van der Waals surface area contributed by atoms with E-state index >= 15 is 0 Å². The SMILES string of the molecule is O=C(Nc1cccs1)N1CCC(Oc2ccncc2)C1. The Kier molecular flexibility index (Phi) is 3.83. The lowest BCUT2D eigenvalue weighted by Gasteiger charge is -2.17. The molecule has 1 unspecified atom stereocenters. The van der Waals surface area contributed by atoms with E-state index in [-0.39, 0.29) is 12.1 Å². The number of thiophene rings is 1. The fraction of sp³-hybridized carbons (Fsp3) is 0.286. The van der Waals surface area contributed by atoms with Gasteiger partial charge in [0.2, 0.25) is 0 Å². The summed E-state index contributed by atoms with van der Waals surface area (Å²) in [7, 11) is 0. The lowest BCUT2D eigenvalue weighted by molar-refractivity contribution is 0.195. The zero-order valence-electron chi connectivity index (χ0n) is 10.9. The summed E-state index contributed by atoms with van der Waals surface area (Å²) in [5.41, 5.74) is 0. The van der Waals surface area contributed by atoms with Gasteiger partial charge in [-0.25, -0.2) is 4.79 Å². The molecule has 0 bridgehead atoms. The van der Waals surface area contributed by atoms with Gasteiger partial charge in [0.15, 0.2) is 0 Å². The van der Waals surface area contributed by atoms with Crippen LogP contribution in [0.2, 0.25) is 0 Å². The Labute approximate surface area is 121 Å². The number of amides is 2. The Morgan fingerprint density at radius 1 is 1.40 bits per heavy atom. The van der Waals surface area contributed by atoms with E-state index in [0.717, 1.165) is 17.2 Å². The maximum Gasteiger partial charge on any atom is 0.322 e. The number of carbonyl (C=O) groups is 1. The third-order valence-electron chi connectivity index (χ3n) is 3.14. The predicted octanol–water partition coefficient (Wildman–Crippen LogP) is 2.83. The molecule has 2 aromatic heterocycles. The van der Waals surface area contributed by atoms with Crippen LogP contribution in [0.15, 0.2) is 42.0 Å².